The molecule has 0 saturated carbocycles. The first kappa shape index (κ1) is 12.6. The highest BCUT2D eigenvalue weighted by molar-refractivity contribution is 6.30. The van der Waals surface area contributed by atoms with Crippen molar-refractivity contribution < 1.29 is 0 Å². The molecule has 0 aliphatic heterocycles. The smallest absolute Gasteiger partial charge is 0.0409 e. The summed E-state index contributed by atoms with van der Waals surface area (Å²) in [6.45, 7) is 2.93. The number of alkyl halides is 1. The van der Waals surface area contributed by atoms with Gasteiger partial charge < -0.3 is 5.32 Å². The second-order valence-electron chi connectivity index (χ2n) is 3.31. The van der Waals surface area contributed by atoms with Crippen molar-refractivity contribution in [3.8, 4) is 0 Å². The van der Waals surface area contributed by atoms with Crippen LogP contribution in [0.1, 0.15) is 18.5 Å². The lowest BCUT2D eigenvalue weighted by molar-refractivity contribution is 0.617. The Morgan fingerprint density at radius 3 is 2.87 bits per heavy atom. The molecular weight excluding hydrogens is 229 g/mol. The fourth-order valence-corrected chi connectivity index (χ4v) is 1.61. The molecule has 1 nitrogen and oxygen atoms in total. The van der Waals surface area contributed by atoms with Gasteiger partial charge in [0.25, 0.3) is 0 Å². The summed E-state index contributed by atoms with van der Waals surface area (Å²) in [7, 11) is 0. The zero-order chi connectivity index (χ0) is 11.1. The Kier molecular flexibility index (Phi) is 5.77. The van der Waals surface area contributed by atoms with E-state index in [1.165, 1.54) is 5.56 Å². The second-order valence-corrected chi connectivity index (χ2v) is 4.06. The number of halogens is 2. The number of rotatable bonds is 5. The standard InChI is InChI=1S/C12H15Cl2N/c1-10(15-8-3-2-7-13)11-5-4-6-12(14)9-11/h2-6,9-10,15H,7-8H2,1H3/b3-2+/t10-/m0/s1. The van der Waals surface area contributed by atoms with Crippen molar-refractivity contribution in [3.05, 3.63) is 47.0 Å². The van der Waals surface area contributed by atoms with Gasteiger partial charge in [-0.3, -0.25) is 0 Å². The first-order chi connectivity index (χ1) is 7.24. The molecule has 0 saturated heterocycles. The van der Waals surface area contributed by atoms with Crippen LogP contribution in [0.25, 0.3) is 0 Å². The molecular formula is C12H15Cl2N. The molecule has 0 aliphatic rings. The van der Waals surface area contributed by atoms with E-state index in [4.69, 9.17) is 23.2 Å². The van der Waals surface area contributed by atoms with Crippen molar-refractivity contribution in [3.63, 3.8) is 0 Å². The summed E-state index contributed by atoms with van der Waals surface area (Å²) in [5.41, 5.74) is 1.20. The number of allylic oxidation sites excluding steroid dienone is 1. The largest absolute Gasteiger partial charge is 0.307 e. The summed E-state index contributed by atoms with van der Waals surface area (Å²) in [5, 5.41) is 4.13. The van der Waals surface area contributed by atoms with Crippen molar-refractivity contribution in [2.75, 3.05) is 12.4 Å². The lowest BCUT2D eigenvalue weighted by Crippen LogP contribution is -2.18. The van der Waals surface area contributed by atoms with Gasteiger partial charge in [0.15, 0.2) is 0 Å². The zero-order valence-electron chi connectivity index (χ0n) is 8.71. The summed E-state index contributed by atoms with van der Waals surface area (Å²) in [6.07, 6.45) is 3.95. The molecule has 1 aromatic rings. The molecule has 0 aromatic heterocycles. The molecule has 0 radical (unpaired) electrons. The number of hydrogen-bond acceptors (Lipinski definition) is 1. The second kappa shape index (κ2) is 6.89. The van der Waals surface area contributed by atoms with Gasteiger partial charge in [-0.05, 0) is 24.6 Å². The molecule has 0 amide bonds. The summed E-state index contributed by atoms with van der Waals surface area (Å²) < 4.78 is 0. The Morgan fingerprint density at radius 1 is 1.40 bits per heavy atom. The van der Waals surface area contributed by atoms with Gasteiger partial charge in [-0.25, -0.2) is 0 Å². The van der Waals surface area contributed by atoms with Crippen LogP contribution in [0.15, 0.2) is 36.4 Å². The average Bonchev–Trinajstić information content (AvgIpc) is 2.24. The summed E-state index contributed by atoms with van der Waals surface area (Å²) in [4.78, 5) is 0. The highest BCUT2D eigenvalue weighted by Crippen LogP contribution is 2.16. The van der Waals surface area contributed by atoms with Crippen LogP contribution in [0.4, 0.5) is 0 Å². The Hall–Kier alpha value is -0.500. The molecule has 0 aliphatic carbocycles. The van der Waals surface area contributed by atoms with E-state index in [1.807, 2.05) is 30.4 Å². The van der Waals surface area contributed by atoms with Gasteiger partial charge in [0.05, 0.1) is 0 Å². The molecule has 3 heteroatoms. The van der Waals surface area contributed by atoms with E-state index < -0.39 is 0 Å². The Labute approximate surface area is 101 Å². The van der Waals surface area contributed by atoms with Gasteiger partial charge in [-0.15, -0.1) is 11.6 Å². The van der Waals surface area contributed by atoms with Crippen LogP contribution in [0.5, 0.6) is 0 Å². The summed E-state index contributed by atoms with van der Waals surface area (Å²) in [5.74, 6) is 0.563. The first-order valence-electron chi connectivity index (χ1n) is 4.94. The van der Waals surface area contributed by atoms with E-state index in [0.29, 0.717) is 11.9 Å². The molecule has 0 unspecified atom stereocenters. The third-order valence-electron chi connectivity index (χ3n) is 2.15. The minimum atomic E-state index is 0.295. The molecule has 0 spiro atoms. The van der Waals surface area contributed by atoms with Crippen LogP contribution >= 0.6 is 23.2 Å². The fraction of sp³-hybridized carbons (Fsp3) is 0.333. The molecule has 15 heavy (non-hydrogen) atoms. The van der Waals surface area contributed by atoms with E-state index in [0.717, 1.165) is 11.6 Å². The summed E-state index contributed by atoms with van der Waals surface area (Å²) >= 11 is 11.4. The average molecular weight is 244 g/mol. The molecule has 1 aromatic carbocycles. The van der Waals surface area contributed by atoms with Crippen molar-refractivity contribution in [1.82, 2.24) is 5.32 Å². The first-order valence-corrected chi connectivity index (χ1v) is 5.85. The monoisotopic (exact) mass is 243 g/mol. The topological polar surface area (TPSA) is 12.0 Å². The minimum Gasteiger partial charge on any atom is -0.307 e. The van der Waals surface area contributed by atoms with Gasteiger partial charge in [0.2, 0.25) is 0 Å². The molecule has 0 bridgehead atoms. The van der Waals surface area contributed by atoms with Crippen LogP contribution < -0.4 is 5.32 Å². The number of benzene rings is 1. The van der Waals surface area contributed by atoms with Crippen molar-refractivity contribution >= 4 is 23.2 Å². The van der Waals surface area contributed by atoms with Crippen LogP contribution in [0.3, 0.4) is 0 Å². The van der Waals surface area contributed by atoms with E-state index in [1.54, 1.807) is 0 Å². The number of hydrogen-bond donors (Lipinski definition) is 1. The molecule has 1 rings (SSSR count). The lowest BCUT2D eigenvalue weighted by atomic mass is 10.1. The fourth-order valence-electron chi connectivity index (χ4n) is 1.28. The van der Waals surface area contributed by atoms with E-state index in [9.17, 15) is 0 Å². The van der Waals surface area contributed by atoms with Gasteiger partial charge in [0, 0.05) is 23.5 Å². The van der Waals surface area contributed by atoms with Gasteiger partial charge in [-0.1, -0.05) is 35.9 Å². The van der Waals surface area contributed by atoms with Gasteiger partial charge in [-0.2, -0.15) is 0 Å². The van der Waals surface area contributed by atoms with Crippen LogP contribution in [-0.2, 0) is 0 Å². The van der Waals surface area contributed by atoms with Gasteiger partial charge in [0.1, 0.15) is 0 Å². The molecule has 82 valence electrons. The predicted molar refractivity (Wildman–Crippen MR) is 67.7 cm³/mol. The molecule has 0 fully saturated rings. The summed E-state index contributed by atoms with van der Waals surface area (Å²) in [6, 6.07) is 8.18. The SMILES string of the molecule is C[C@H](NC/C=C/CCl)c1cccc(Cl)c1. The third-order valence-corrected chi connectivity index (χ3v) is 2.56. The Bertz CT molecular complexity index is 323. The van der Waals surface area contributed by atoms with Crippen molar-refractivity contribution in [2.45, 2.75) is 13.0 Å². The lowest BCUT2D eigenvalue weighted by Gasteiger charge is -2.12. The minimum absolute atomic E-state index is 0.295. The van der Waals surface area contributed by atoms with Crippen LogP contribution in [-0.4, -0.2) is 12.4 Å². The maximum atomic E-state index is 5.91. The number of nitrogens with one attached hydrogen (secondary N) is 1. The zero-order valence-corrected chi connectivity index (χ0v) is 10.2. The maximum absolute atomic E-state index is 5.91. The molecule has 1 N–H and O–H groups in total. The Balaban J connectivity index is 2.46. The maximum Gasteiger partial charge on any atom is 0.0409 e. The van der Waals surface area contributed by atoms with Crippen LogP contribution in [0, 0.1) is 0 Å². The highest BCUT2D eigenvalue weighted by atomic mass is 35.5. The van der Waals surface area contributed by atoms with Crippen molar-refractivity contribution in [1.29, 1.82) is 0 Å². The highest BCUT2D eigenvalue weighted by Gasteiger charge is 2.02. The van der Waals surface area contributed by atoms with Crippen LogP contribution in [0.2, 0.25) is 5.02 Å². The predicted octanol–water partition coefficient (Wildman–Crippen LogP) is 3.79. The van der Waals surface area contributed by atoms with E-state index >= 15 is 0 Å². The van der Waals surface area contributed by atoms with E-state index in [2.05, 4.69) is 18.3 Å². The Morgan fingerprint density at radius 2 is 2.20 bits per heavy atom. The third kappa shape index (κ3) is 4.70. The van der Waals surface area contributed by atoms with E-state index in [-0.39, 0.29) is 0 Å². The molecule has 0 heterocycles. The van der Waals surface area contributed by atoms with Crippen molar-refractivity contribution in [2.24, 2.45) is 0 Å². The quantitative estimate of drug-likeness (QED) is 0.613. The normalized spacial score (nSPS) is 13.3. The van der Waals surface area contributed by atoms with Gasteiger partial charge >= 0.3 is 0 Å². The molecule has 1 atom stereocenters.